The van der Waals surface area contributed by atoms with Gasteiger partial charge in [0.15, 0.2) is 0 Å². The zero-order valence-electron chi connectivity index (χ0n) is 14.0. The van der Waals surface area contributed by atoms with Crippen LogP contribution < -0.4 is 5.32 Å². The molecule has 1 aliphatic heterocycles. The van der Waals surface area contributed by atoms with Gasteiger partial charge in [-0.1, -0.05) is 30.3 Å². The van der Waals surface area contributed by atoms with Gasteiger partial charge in [0.05, 0.1) is 6.54 Å². The van der Waals surface area contributed by atoms with Crippen LogP contribution in [0.3, 0.4) is 0 Å². The van der Waals surface area contributed by atoms with E-state index >= 15 is 0 Å². The van der Waals surface area contributed by atoms with E-state index in [1.54, 1.807) is 29.2 Å². The summed E-state index contributed by atoms with van der Waals surface area (Å²) >= 11 is 0. The molecule has 1 saturated heterocycles. The number of alkyl halides is 1. The Labute approximate surface area is 146 Å². The summed E-state index contributed by atoms with van der Waals surface area (Å²) in [5, 5.41) is 2.85. The number of nitrogens with one attached hydrogen (secondary N) is 1. The fourth-order valence-electron chi connectivity index (χ4n) is 2.94. The number of hydrogen-bond donors (Lipinski definition) is 1. The van der Waals surface area contributed by atoms with Gasteiger partial charge in [0.25, 0.3) is 11.8 Å². The van der Waals surface area contributed by atoms with Crippen molar-refractivity contribution in [3.63, 3.8) is 0 Å². The number of amides is 2. The SMILES string of the molecule is O=C(NCc1ccccc1)c1ccc(C(=O)N2CCCC(F)C2)cc1. The summed E-state index contributed by atoms with van der Waals surface area (Å²) in [4.78, 5) is 26.1. The van der Waals surface area contributed by atoms with Gasteiger partial charge in [0, 0.05) is 24.2 Å². The van der Waals surface area contributed by atoms with Crippen LogP contribution in [0, 0.1) is 0 Å². The van der Waals surface area contributed by atoms with Crippen molar-refractivity contribution in [2.75, 3.05) is 13.1 Å². The highest BCUT2D eigenvalue weighted by Gasteiger charge is 2.24. The molecular weight excluding hydrogens is 319 g/mol. The van der Waals surface area contributed by atoms with E-state index in [1.165, 1.54) is 0 Å². The molecule has 0 saturated carbocycles. The Hall–Kier alpha value is -2.69. The lowest BCUT2D eigenvalue weighted by atomic mass is 10.1. The Morgan fingerprint density at radius 2 is 1.72 bits per heavy atom. The van der Waals surface area contributed by atoms with Gasteiger partial charge < -0.3 is 10.2 Å². The lowest BCUT2D eigenvalue weighted by Crippen LogP contribution is -2.40. The molecule has 2 aromatic rings. The standard InChI is InChI=1S/C20H21FN2O2/c21-18-7-4-12-23(14-18)20(25)17-10-8-16(9-11-17)19(24)22-13-15-5-2-1-3-6-15/h1-3,5-6,8-11,18H,4,7,12-14H2,(H,22,24). The predicted molar refractivity (Wildman–Crippen MR) is 94.1 cm³/mol. The highest BCUT2D eigenvalue weighted by molar-refractivity contribution is 5.97. The second-order valence-electron chi connectivity index (χ2n) is 6.24. The van der Waals surface area contributed by atoms with Crippen molar-refractivity contribution in [3.8, 4) is 0 Å². The molecule has 5 heteroatoms. The fraction of sp³-hybridized carbons (Fsp3) is 0.300. The molecule has 2 amide bonds. The van der Waals surface area contributed by atoms with Crippen molar-refractivity contribution in [2.24, 2.45) is 0 Å². The maximum absolute atomic E-state index is 13.5. The second-order valence-corrected chi connectivity index (χ2v) is 6.24. The van der Waals surface area contributed by atoms with Gasteiger partial charge in [0.1, 0.15) is 6.17 Å². The Kier molecular flexibility index (Phi) is 5.43. The third-order valence-corrected chi connectivity index (χ3v) is 4.34. The molecule has 1 heterocycles. The minimum atomic E-state index is -0.944. The molecule has 1 unspecified atom stereocenters. The van der Waals surface area contributed by atoms with Crippen molar-refractivity contribution in [1.29, 1.82) is 0 Å². The van der Waals surface area contributed by atoms with Crippen LogP contribution in [0.4, 0.5) is 4.39 Å². The van der Waals surface area contributed by atoms with E-state index in [0.717, 1.165) is 5.56 Å². The van der Waals surface area contributed by atoms with E-state index in [0.29, 0.717) is 37.1 Å². The van der Waals surface area contributed by atoms with Gasteiger partial charge in [-0.15, -0.1) is 0 Å². The van der Waals surface area contributed by atoms with E-state index < -0.39 is 6.17 Å². The monoisotopic (exact) mass is 340 g/mol. The van der Waals surface area contributed by atoms with Crippen LogP contribution in [0.15, 0.2) is 54.6 Å². The maximum atomic E-state index is 13.5. The van der Waals surface area contributed by atoms with Crippen LogP contribution in [0.2, 0.25) is 0 Å². The number of halogens is 1. The Morgan fingerprint density at radius 3 is 2.40 bits per heavy atom. The largest absolute Gasteiger partial charge is 0.348 e. The summed E-state index contributed by atoms with van der Waals surface area (Å²) < 4.78 is 13.5. The van der Waals surface area contributed by atoms with E-state index in [9.17, 15) is 14.0 Å². The molecule has 1 fully saturated rings. The topological polar surface area (TPSA) is 49.4 Å². The molecule has 130 valence electrons. The van der Waals surface area contributed by atoms with Crippen LogP contribution >= 0.6 is 0 Å². The van der Waals surface area contributed by atoms with E-state index in [4.69, 9.17) is 0 Å². The lowest BCUT2D eigenvalue weighted by Gasteiger charge is -2.29. The number of rotatable bonds is 4. The summed E-state index contributed by atoms with van der Waals surface area (Å²) in [6.45, 7) is 1.18. The first kappa shape index (κ1) is 17.1. The first-order valence-corrected chi connectivity index (χ1v) is 8.49. The maximum Gasteiger partial charge on any atom is 0.253 e. The predicted octanol–water partition coefficient (Wildman–Crippen LogP) is 3.19. The second kappa shape index (κ2) is 7.92. The van der Waals surface area contributed by atoms with Crippen molar-refractivity contribution >= 4 is 11.8 Å². The number of carbonyl (C=O) groups excluding carboxylic acids is 2. The quantitative estimate of drug-likeness (QED) is 0.929. The third kappa shape index (κ3) is 4.44. The van der Waals surface area contributed by atoms with Gasteiger partial charge in [-0.05, 0) is 42.7 Å². The van der Waals surface area contributed by atoms with Gasteiger partial charge >= 0.3 is 0 Å². The van der Waals surface area contributed by atoms with Crippen molar-refractivity contribution in [3.05, 3.63) is 71.3 Å². The van der Waals surface area contributed by atoms with Crippen LogP contribution in [-0.2, 0) is 6.54 Å². The number of piperidine rings is 1. The molecule has 0 bridgehead atoms. The van der Waals surface area contributed by atoms with Crippen LogP contribution in [0.1, 0.15) is 39.1 Å². The van der Waals surface area contributed by atoms with Crippen molar-refractivity contribution < 1.29 is 14.0 Å². The number of carbonyl (C=O) groups is 2. The van der Waals surface area contributed by atoms with Gasteiger partial charge in [-0.2, -0.15) is 0 Å². The summed E-state index contributed by atoms with van der Waals surface area (Å²) in [6.07, 6.45) is 0.262. The van der Waals surface area contributed by atoms with Crippen LogP contribution in [0.25, 0.3) is 0 Å². The fourth-order valence-corrected chi connectivity index (χ4v) is 2.94. The summed E-state index contributed by atoms with van der Waals surface area (Å²) in [7, 11) is 0. The van der Waals surface area contributed by atoms with Gasteiger partial charge in [-0.25, -0.2) is 4.39 Å². The third-order valence-electron chi connectivity index (χ3n) is 4.34. The van der Waals surface area contributed by atoms with E-state index in [2.05, 4.69) is 5.32 Å². The van der Waals surface area contributed by atoms with Crippen LogP contribution in [-0.4, -0.2) is 36.0 Å². The highest BCUT2D eigenvalue weighted by Crippen LogP contribution is 2.16. The molecule has 1 atom stereocenters. The Bertz CT molecular complexity index is 731. The highest BCUT2D eigenvalue weighted by atomic mass is 19.1. The minimum absolute atomic E-state index is 0.151. The normalized spacial score (nSPS) is 17.2. The average Bonchev–Trinajstić information content (AvgIpc) is 2.66. The molecular formula is C20H21FN2O2. The van der Waals surface area contributed by atoms with Crippen molar-refractivity contribution in [2.45, 2.75) is 25.6 Å². The summed E-state index contributed by atoms with van der Waals surface area (Å²) in [6, 6.07) is 16.2. The first-order valence-electron chi connectivity index (χ1n) is 8.49. The summed E-state index contributed by atoms with van der Waals surface area (Å²) in [5.74, 6) is -0.372. The zero-order chi connectivity index (χ0) is 17.6. The summed E-state index contributed by atoms with van der Waals surface area (Å²) in [5.41, 5.74) is 2.00. The molecule has 0 aliphatic carbocycles. The zero-order valence-corrected chi connectivity index (χ0v) is 14.0. The number of benzene rings is 2. The Balaban J connectivity index is 1.59. The molecule has 2 aromatic carbocycles. The molecule has 3 rings (SSSR count). The van der Waals surface area contributed by atoms with Crippen LogP contribution in [0.5, 0.6) is 0 Å². The van der Waals surface area contributed by atoms with Crippen molar-refractivity contribution in [1.82, 2.24) is 10.2 Å². The minimum Gasteiger partial charge on any atom is -0.348 e. The Morgan fingerprint density at radius 1 is 1.04 bits per heavy atom. The molecule has 1 N–H and O–H groups in total. The number of nitrogens with zero attached hydrogens (tertiary/aromatic N) is 1. The average molecular weight is 340 g/mol. The molecule has 0 aromatic heterocycles. The van der Waals surface area contributed by atoms with Gasteiger partial charge in [-0.3, -0.25) is 9.59 Å². The van der Waals surface area contributed by atoms with E-state index in [-0.39, 0.29) is 18.4 Å². The van der Waals surface area contributed by atoms with Gasteiger partial charge in [0.2, 0.25) is 0 Å². The molecule has 1 aliphatic rings. The first-order chi connectivity index (χ1) is 12.1. The number of likely N-dealkylation sites (tertiary alicyclic amines) is 1. The smallest absolute Gasteiger partial charge is 0.253 e. The molecule has 0 spiro atoms. The molecule has 25 heavy (non-hydrogen) atoms. The molecule has 4 nitrogen and oxygen atoms in total. The number of hydrogen-bond acceptors (Lipinski definition) is 2. The molecule has 0 radical (unpaired) electrons. The van der Waals surface area contributed by atoms with E-state index in [1.807, 2.05) is 30.3 Å². The lowest BCUT2D eigenvalue weighted by molar-refractivity contribution is 0.0636.